The maximum atomic E-state index is 8.89. The van der Waals surface area contributed by atoms with E-state index in [1.165, 1.54) is 0 Å². The molecule has 0 fully saturated rings. The number of rotatable bonds is 7. The maximum Gasteiger partial charge on any atom is 0.100 e. The van der Waals surface area contributed by atoms with Crippen molar-refractivity contribution in [1.82, 2.24) is 0 Å². The molecular formula is C7H17NO4. The lowest BCUT2D eigenvalue weighted by Gasteiger charge is -2.16. The first-order chi connectivity index (χ1) is 5.74. The van der Waals surface area contributed by atoms with E-state index in [-0.39, 0.29) is 25.9 Å². The van der Waals surface area contributed by atoms with Crippen molar-refractivity contribution in [3.05, 3.63) is 0 Å². The molecular weight excluding hydrogens is 162 g/mol. The first-order valence-electron chi connectivity index (χ1n) is 3.96. The van der Waals surface area contributed by atoms with Crippen molar-refractivity contribution in [1.29, 1.82) is 0 Å². The SMILES string of the molecule is NCC(CCO)OCC(O)CO. The molecule has 0 aliphatic carbocycles. The standard InChI is InChI=1S/C7H17NO4/c8-3-7(1-2-9)12-5-6(11)4-10/h6-7,9-11H,1-5,8H2. The highest BCUT2D eigenvalue weighted by atomic mass is 16.5. The summed E-state index contributed by atoms with van der Waals surface area (Å²) in [6.07, 6.45) is -0.650. The van der Waals surface area contributed by atoms with Gasteiger partial charge in [-0.05, 0) is 6.42 Å². The van der Waals surface area contributed by atoms with Crippen LogP contribution >= 0.6 is 0 Å². The van der Waals surface area contributed by atoms with Gasteiger partial charge in [0.05, 0.1) is 19.3 Å². The molecule has 5 heteroatoms. The lowest BCUT2D eigenvalue weighted by Crippen LogP contribution is -2.30. The summed E-state index contributed by atoms with van der Waals surface area (Å²) in [6, 6.07) is 0. The fourth-order valence-corrected chi connectivity index (χ4v) is 0.713. The van der Waals surface area contributed by atoms with Crippen molar-refractivity contribution in [2.75, 3.05) is 26.4 Å². The Labute approximate surface area is 71.8 Å². The van der Waals surface area contributed by atoms with Gasteiger partial charge in [0.1, 0.15) is 6.10 Å². The van der Waals surface area contributed by atoms with Gasteiger partial charge in [-0.25, -0.2) is 0 Å². The summed E-state index contributed by atoms with van der Waals surface area (Å²) >= 11 is 0. The van der Waals surface area contributed by atoms with E-state index in [0.29, 0.717) is 13.0 Å². The average Bonchev–Trinajstić information content (AvgIpc) is 2.11. The van der Waals surface area contributed by atoms with Gasteiger partial charge in [-0.1, -0.05) is 0 Å². The van der Waals surface area contributed by atoms with E-state index in [4.69, 9.17) is 25.8 Å². The molecule has 0 amide bonds. The van der Waals surface area contributed by atoms with Gasteiger partial charge < -0.3 is 25.8 Å². The normalized spacial score (nSPS) is 16.0. The van der Waals surface area contributed by atoms with Crippen molar-refractivity contribution in [2.24, 2.45) is 5.73 Å². The summed E-state index contributed by atoms with van der Waals surface area (Å²) in [5.41, 5.74) is 5.31. The summed E-state index contributed by atoms with van der Waals surface area (Å²) in [6.45, 7) is 0.0462. The van der Waals surface area contributed by atoms with E-state index in [1.54, 1.807) is 0 Å². The first-order valence-corrected chi connectivity index (χ1v) is 3.96. The molecule has 0 saturated carbocycles. The Bertz CT molecular complexity index is 101. The smallest absolute Gasteiger partial charge is 0.100 e. The molecule has 2 atom stereocenters. The minimum atomic E-state index is -0.863. The molecule has 0 heterocycles. The van der Waals surface area contributed by atoms with E-state index in [2.05, 4.69) is 0 Å². The van der Waals surface area contributed by atoms with Gasteiger partial charge in [-0.3, -0.25) is 0 Å². The first kappa shape index (κ1) is 11.8. The van der Waals surface area contributed by atoms with Crippen LogP contribution in [-0.2, 0) is 4.74 Å². The Kier molecular flexibility index (Phi) is 7.33. The molecule has 0 spiro atoms. The van der Waals surface area contributed by atoms with Crippen molar-refractivity contribution in [3.8, 4) is 0 Å². The third kappa shape index (κ3) is 5.45. The molecule has 0 saturated heterocycles. The molecule has 0 radical (unpaired) electrons. The zero-order valence-electron chi connectivity index (χ0n) is 7.02. The highest BCUT2D eigenvalue weighted by Crippen LogP contribution is 1.96. The lowest BCUT2D eigenvalue weighted by atomic mass is 10.2. The predicted molar refractivity (Wildman–Crippen MR) is 43.6 cm³/mol. The van der Waals surface area contributed by atoms with Crippen LogP contribution in [0.3, 0.4) is 0 Å². The summed E-state index contributed by atoms with van der Waals surface area (Å²) in [5, 5.41) is 25.9. The van der Waals surface area contributed by atoms with E-state index < -0.39 is 6.10 Å². The third-order valence-corrected chi connectivity index (χ3v) is 1.45. The van der Waals surface area contributed by atoms with Crippen LogP contribution in [-0.4, -0.2) is 53.9 Å². The van der Waals surface area contributed by atoms with Crippen LogP contribution < -0.4 is 5.73 Å². The Balaban J connectivity index is 3.43. The van der Waals surface area contributed by atoms with Crippen molar-refractivity contribution >= 4 is 0 Å². The zero-order valence-corrected chi connectivity index (χ0v) is 7.02. The second kappa shape index (κ2) is 7.45. The van der Waals surface area contributed by atoms with Gasteiger partial charge >= 0.3 is 0 Å². The molecule has 74 valence electrons. The van der Waals surface area contributed by atoms with Crippen LogP contribution in [0.4, 0.5) is 0 Å². The molecule has 0 aromatic rings. The van der Waals surface area contributed by atoms with Crippen molar-refractivity contribution in [2.45, 2.75) is 18.6 Å². The van der Waals surface area contributed by atoms with Crippen LogP contribution in [0, 0.1) is 0 Å². The number of nitrogens with two attached hydrogens (primary N) is 1. The van der Waals surface area contributed by atoms with Crippen LogP contribution in [0.25, 0.3) is 0 Å². The second-order valence-corrected chi connectivity index (χ2v) is 2.54. The minimum absolute atomic E-state index is 0.0110. The molecule has 0 aromatic heterocycles. The molecule has 0 rings (SSSR count). The van der Waals surface area contributed by atoms with E-state index >= 15 is 0 Å². The Morgan fingerprint density at radius 2 is 2.00 bits per heavy atom. The molecule has 0 aliphatic rings. The number of hydrogen-bond acceptors (Lipinski definition) is 5. The van der Waals surface area contributed by atoms with Crippen LogP contribution in [0.5, 0.6) is 0 Å². The van der Waals surface area contributed by atoms with Crippen molar-refractivity contribution < 1.29 is 20.1 Å². The Morgan fingerprint density at radius 1 is 1.33 bits per heavy atom. The monoisotopic (exact) mass is 179 g/mol. The molecule has 0 aliphatic heterocycles. The van der Waals surface area contributed by atoms with Gasteiger partial charge in [-0.2, -0.15) is 0 Å². The highest BCUT2D eigenvalue weighted by Gasteiger charge is 2.08. The van der Waals surface area contributed by atoms with Gasteiger partial charge in [0, 0.05) is 13.2 Å². The second-order valence-electron chi connectivity index (χ2n) is 2.54. The van der Waals surface area contributed by atoms with Crippen molar-refractivity contribution in [3.63, 3.8) is 0 Å². The molecule has 2 unspecified atom stereocenters. The molecule has 5 nitrogen and oxygen atoms in total. The summed E-state index contributed by atoms with van der Waals surface area (Å²) in [4.78, 5) is 0. The largest absolute Gasteiger partial charge is 0.396 e. The van der Waals surface area contributed by atoms with Gasteiger partial charge in [0.2, 0.25) is 0 Å². The van der Waals surface area contributed by atoms with Gasteiger partial charge in [0.15, 0.2) is 0 Å². The quantitative estimate of drug-likeness (QED) is 0.365. The number of aliphatic hydroxyl groups is 3. The summed E-state index contributed by atoms with van der Waals surface area (Å²) < 4.78 is 5.09. The third-order valence-electron chi connectivity index (χ3n) is 1.45. The van der Waals surface area contributed by atoms with Crippen LogP contribution in [0.2, 0.25) is 0 Å². The number of aliphatic hydroxyl groups excluding tert-OH is 3. The number of hydrogen-bond donors (Lipinski definition) is 4. The van der Waals surface area contributed by atoms with E-state index in [1.807, 2.05) is 0 Å². The average molecular weight is 179 g/mol. The topological polar surface area (TPSA) is 95.9 Å². The van der Waals surface area contributed by atoms with Gasteiger partial charge in [0.25, 0.3) is 0 Å². The fourth-order valence-electron chi connectivity index (χ4n) is 0.713. The zero-order chi connectivity index (χ0) is 9.40. The Morgan fingerprint density at radius 3 is 2.42 bits per heavy atom. The van der Waals surface area contributed by atoms with Gasteiger partial charge in [-0.15, -0.1) is 0 Å². The highest BCUT2D eigenvalue weighted by molar-refractivity contribution is 4.59. The van der Waals surface area contributed by atoms with Crippen LogP contribution in [0.1, 0.15) is 6.42 Å². The molecule has 12 heavy (non-hydrogen) atoms. The number of ether oxygens (including phenoxy) is 1. The summed E-state index contributed by atoms with van der Waals surface area (Å²) in [7, 11) is 0. The Hall–Kier alpha value is -0.200. The molecule has 5 N–H and O–H groups in total. The molecule has 0 aromatic carbocycles. The van der Waals surface area contributed by atoms with Crippen LogP contribution in [0.15, 0.2) is 0 Å². The van der Waals surface area contributed by atoms with E-state index in [9.17, 15) is 0 Å². The predicted octanol–water partition coefficient (Wildman–Crippen LogP) is -1.93. The molecule has 0 bridgehead atoms. The summed E-state index contributed by atoms with van der Waals surface area (Å²) in [5.74, 6) is 0. The minimum Gasteiger partial charge on any atom is -0.396 e. The maximum absolute atomic E-state index is 8.89. The lowest BCUT2D eigenvalue weighted by molar-refractivity contribution is -0.0319. The fraction of sp³-hybridized carbons (Fsp3) is 1.00. The van der Waals surface area contributed by atoms with E-state index in [0.717, 1.165) is 0 Å².